The van der Waals surface area contributed by atoms with Gasteiger partial charge in [0.1, 0.15) is 11.6 Å². The maximum atomic E-state index is 13.1. The molecule has 4 rings (SSSR count). The third-order valence-electron chi connectivity index (χ3n) is 5.08. The number of rotatable bonds is 8. The van der Waals surface area contributed by atoms with Crippen LogP contribution >= 0.6 is 11.6 Å². The zero-order valence-corrected chi connectivity index (χ0v) is 19.8. The normalized spacial score (nSPS) is 11.4. The third-order valence-corrected chi connectivity index (χ3v) is 5.90. The van der Waals surface area contributed by atoms with Gasteiger partial charge in [0.2, 0.25) is 10.0 Å². The zero-order valence-electron chi connectivity index (χ0n) is 18.2. The zero-order chi connectivity index (χ0) is 24.3. The van der Waals surface area contributed by atoms with Crippen molar-refractivity contribution in [1.82, 2.24) is 9.97 Å². The second-order valence-electron chi connectivity index (χ2n) is 7.80. The number of carbonyl (C=O) groups excluding carboxylic acids is 1. The van der Waals surface area contributed by atoms with E-state index in [-0.39, 0.29) is 12.2 Å². The summed E-state index contributed by atoms with van der Waals surface area (Å²) < 4.78 is 25.5. The highest BCUT2D eigenvalue weighted by molar-refractivity contribution is 7.92. The molecule has 0 aliphatic heterocycles. The minimum absolute atomic E-state index is 0.128. The Morgan fingerprint density at radius 1 is 1.06 bits per heavy atom. The maximum absolute atomic E-state index is 13.1. The predicted octanol–water partition coefficient (Wildman–Crippen LogP) is 4.80. The molecule has 4 aromatic rings. The number of carbonyl (C=O) groups is 1. The Balaban J connectivity index is 1.53. The first-order valence-electron chi connectivity index (χ1n) is 10.3. The standard InChI is InChI=1S/C24H22ClN5O3S/c1-34(32,33)30-19-4-2-3-18(13-19)29-24-21(12-17(25)14-28-24)22(31)8-6-15-5-7-20-16(11-15)9-10-27-23(20)26/h2-5,7,9-14,30H,6,8H2,1H3,(H2,26,27)(H,28,29). The van der Waals surface area contributed by atoms with Gasteiger partial charge in [-0.25, -0.2) is 18.4 Å². The van der Waals surface area contributed by atoms with Gasteiger partial charge in [-0.15, -0.1) is 0 Å². The van der Waals surface area contributed by atoms with Crippen molar-refractivity contribution in [3.63, 3.8) is 0 Å². The molecule has 0 aliphatic rings. The summed E-state index contributed by atoms with van der Waals surface area (Å²) >= 11 is 6.12. The van der Waals surface area contributed by atoms with Crippen LogP contribution in [0.4, 0.5) is 23.0 Å². The van der Waals surface area contributed by atoms with Crippen LogP contribution in [0.15, 0.2) is 67.0 Å². The van der Waals surface area contributed by atoms with Gasteiger partial charge in [-0.1, -0.05) is 35.9 Å². The summed E-state index contributed by atoms with van der Waals surface area (Å²) in [6.45, 7) is 0. The number of nitrogen functional groups attached to an aromatic ring is 1. The summed E-state index contributed by atoms with van der Waals surface area (Å²) in [5.41, 5.74) is 8.22. The van der Waals surface area contributed by atoms with E-state index in [0.717, 1.165) is 22.6 Å². The number of anilines is 4. The first-order valence-corrected chi connectivity index (χ1v) is 12.6. The fourth-order valence-electron chi connectivity index (χ4n) is 3.56. The monoisotopic (exact) mass is 495 g/mol. The lowest BCUT2D eigenvalue weighted by molar-refractivity contribution is 0.0983. The van der Waals surface area contributed by atoms with Crippen molar-refractivity contribution >= 4 is 61.2 Å². The molecule has 0 amide bonds. The molecule has 2 heterocycles. The minimum Gasteiger partial charge on any atom is -0.383 e. The molecule has 10 heteroatoms. The molecule has 2 aromatic carbocycles. The molecule has 0 fully saturated rings. The Hall–Kier alpha value is -3.69. The molecule has 4 N–H and O–H groups in total. The van der Waals surface area contributed by atoms with Crippen molar-refractivity contribution < 1.29 is 13.2 Å². The van der Waals surface area contributed by atoms with Crippen molar-refractivity contribution in [3.05, 3.63) is 83.1 Å². The van der Waals surface area contributed by atoms with Crippen LogP contribution in [0.1, 0.15) is 22.3 Å². The van der Waals surface area contributed by atoms with Gasteiger partial charge in [0.15, 0.2) is 5.78 Å². The molecule has 0 bridgehead atoms. The van der Waals surface area contributed by atoms with E-state index in [1.807, 2.05) is 24.3 Å². The Kier molecular flexibility index (Phi) is 6.67. The Morgan fingerprint density at radius 3 is 2.65 bits per heavy atom. The number of hydrogen-bond acceptors (Lipinski definition) is 7. The SMILES string of the molecule is CS(=O)(=O)Nc1cccc(Nc2ncc(Cl)cc2C(=O)CCc2ccc3c(N)nccc3c2)c1. The number of ketones is 1. The average Bonchev–Trinajstić information content (AvgIpc) is 2.78. The second kappa shape index (κ2) is 9.66. The fraction of sp³-hybridized carbons (Fsp3) is 0.125. The highest BCUT2D eigenvalue weighted by Crippen LogP contribution is 2.26. The average molecular weight is 496 g/mol. The molecule has 8 nitrogen and oxygen atoms in total. The number of fused-ring (bicyclic) bond motifs is 1. The van der Waals surface area contributed by atoms with Crippen LogP contribution in [0, 0.1) is 0 Å². The minimum atomic E-state index is -3.42. The van der Waals surface area contributed by atoms with Gasteiger partial charge in [0, 0.05) is 29.9 Å². The number of Topliss-reactive ketones (excluding diaryl/α,β-unsaturated/α-hetero) is 1. The number of hydrogen-bond donors (Lipinski definition) is 3. The molecular formula is C24H22ClN5O3S. The molecule has 0 unspecified atom stereocenters. The number of benzene rings is 2. The smallest absolute Gasteiger partial charge is 0.229 e. The Morgan fingerprint density at radius 2 is 1.85 bits per heavy atom. The van der Waals surface area contributed by atoms with Crippen molar-refractivity contribution in [1.29, 1.82) is 0 Å². The van der Waals surface area contributed by atoms with Crippen LogP contribution in [-0.2, 0) is 16.4 Å². The summed E-state index contributed by atoms with van der Waals surface area (Å²) in [6, 6.07) is 16.0. The molecule has 0 saturated carbocycles. The quantitative estimate of drug-likeness (QED) is 0.300. The fourth-order valence-corrected chi connectivity index (χ4v) is 4.27. The molecule has 0 radical (unpaired) electrons. The van der Waals surface area contributed by atoms with Crippen LogP contribution in [-0.4, -0.2) is 30.4 Å². The van der Waals surface area contributed by atoms with Gasteiger partial charge in [0.25, 0.3) is 0 Å². The molecule has 174 valence electrons. The second-order valence-corrected chi connectivity index (χ2v) is 9.99. The van der Waals surface area contributed by atoms with E-state index in [1.165, 1.54) is 6.20 Å². The van der Waals surface area contributed by atoms with Crippen LogP contribution in [0.3, 0.4) is 0 Å². The Bertz CT molecular complexity index is 1490. The van der Waals surface area contributed by atoms with Gasteiger partial charge < -0.3 is 11.1 Å². The van der Waals surface area contributed by atoms with Gasteiger partial charge in [0.05, 0.1) is 22.5 Å². The summed E-state index contributed by atoms with van der Waals surface area (Å²) in [5.74, 6) is 0.678. The van der Waals surface area contributed by atoms with Gasteiger partial charge in [-0.3, -0.25) is 9.52 Å². The van der Waals surface area contributed by atoms with Crippen LogP contribution < -0.4 is 15.8 Å². The number of halogens is 1. The highest BCUT2D eigenvalue weighted by Gasteiger charge is 2.15. The lowest BCUT2D eigenvalue weighted by Gasteiger charge is -2.12. The number of pyridine rings is 2. The summed E-state index contributed by atoms with van der Waals surface area (Å²) in [5, 5.41) is 5.27. The number of aromatic nitrogens is 2. The van der Waals surface area contributed by atoms with E-state index in [2.05, 4.69) is 20.0 Å². The van der Waals surface area contributed by atoms with Gasteiger partial charge >= 0.3 is 0 Å². The van der Waals surface area contributed by atoms with Gasteiger partial charge in [-0.2, -0.15) is 0 Å². The van der Waals surface area contributed by atoms with E-state index in [9.17, 15) is 13.2 Å². The number of aryl methyl sites for hydroxylation is 1. The summed E-state index contributed by atoms with van der Waals surface area (Å²) in [6.07, 6.45) is 4.95. The van der Waals surface area contributed by atoms with E-state index in [0.29, 0.717) is 40.0 Å². The Labute approximate surface area is 202 Å². The largest absolute Gasteiger partial charge is 0.383 e. The first-order chi connectivity index (χ1) is 16.2. The van der Waals surface area contributed by atoms with Crippen molar-refractivity contribution in [2.45, 2.75) is 12.8 Å². The summed E-state index contributed by atoms with van der Waals surface area (Å²) in [7, 11) is -3.42. The van der Waals surface area contributed by atoms with Crippen molar-refractivity contribution in [3.8, 4) is 0 Å². The number of nitrogens with two attached hydrogens (primary N) is 1. The lowest BCUT2D eigenvalue weighted by Crippen LogP contribution is -2.10. The molecular weight excluding hydrogens is 474 g/mol. The van der Waals surface area contributed by atoms with E-state index in [1.54, 1.807) is 36.5 Å². The molecule has 0 atom stereocenters. The van der Waals surface area contributed by atoms with Crippen molar-refractivity contribution in [2.24, 2.45) is 0 Å². The molecule has 0 saturated heterocycles. The third kappa shape index (κ3) is 5.81. The molecule has 2 aromatic heterocycles. The van der Waals surface area contributed by atoms with E-state index < -0.39 is 10.0 Å². The number of sulfonamides is 1. The number of nitrogens with one attached hydrogen (secondary N) is 2. The van der Waals surface area contributed by atoms with Crippen LogP contribution in [0.25, 0.3) is 10.8 Å². The topological polar surface area (TPSA) is 127 Å². The van der Waals surface area contributed by atoms with Crippen molar-refractivity contribution in [2.75, 3.05) is 22.0 Å². The maximum Gasteiger partial charge on any atom is 0.229 e. The van der Waals surface area contributed by atoms with Gasteiger partial charge in [-0.05, 0) is 47.7 Å². The van der Waals surface area contributed by atoms with Crippen LogP contribution in [0.5, 0.6) is 0 Å². The molecule has 0 spiro atoms. The van der Waals surface area contributed by atoms with Crippen LogP contribution in [0.2, 0.25) is 5.02 Å². The summed E-state index contributed by atoms with van der Waals surface area (Å²) in [4.78, 5) is 21.5. The predicted molar refractivity (Wildman–Crippen MR) is 136 cm³/mol. The number of nitrogens with zero attached hydrogens (tertiary/aromatic N) is 2. The van der Waals surface area contributed by atoms with E-state index >= 15 is 0 Å². The van der Waals surface area contributed by atoms with E-state index in [4.69, 9.17) is 17.3 Å². The molecule has 34 heavy (non-hydrogen) atoms. The first kappa shape index (κ1) is 23.5. The highest BCUT2D eigenvalue weighted by atomic mass is 35.5. The lowest BCUT2D eigenvalue weighted by atomic mass is 10.0. The molecule has 0 aliphatic carbocycles.